The van der Waals surface area contributed by atoms with Crippen molar-refractivity contribution in [2.45, 2.75) is 50.7 Å². The summed E-state index contributed by atoms with van der Waals surface area (Å²) in [4.78, 5) is 2.51. The highest BCUT2D eigenvalue weighted by Gasteiger charge is 2.35. The van der Waals surface area contributed by atoms with E-state index in [2.05, 4.69) is 11.0 Å². The highest BCUT2D eigenvalue weighted by atomic mass is 16.5. The molecule has 1 aliphatic heterocycles. The van der Waals surface area contributed by atoms with E-state index in [1.54, 1.807) is 7.11 Å². The average molecular weight is 275 g/mol. The molecular weight excluding hydrogens is 250 g/mol. The summed E-state index contributed by atoms with van der Waals surface area (Å²) in [6.45, 7) is 2.26. The van der Waals surface area contributed by atoms with Gasteiger partial charge in [-0.05, 0) is 55.6 Å². The lowest BCUT2D eigenvalue weighted by molar-refractivity contribution is 0.0556. The van der Waals surface area contributed by atoms with Crippen LogP contribution in [0.5, 0.6) is 5.75 Å². The fourth-order valence-corrected chi connectivity index (χ4v) is 3.64. The summed E-state index contributed by atoms with van der Waals surface area (Å²) in [6, 6.07) is 6.38. The molecule has 20 heavy (non-hydrogen) atoms. The third kappa shape index (κ3) is 2.70. The molecule has 1 heterocycles. The predicted molar refractivity (Wildman–Crippen MR) is 80.1 cm³/mol. The van der Waals surface area contributed by atoms with Gasteiger partial charge in [-0.15, -0.1) is 0 Å². The van der Waals surface area contributed by atoms with Crippen LogP contribution in [-0.2, 0) is 6.42 Å². The second-order valence-electron chi connectivity index (χ2n) is 6.08. The second-order valence-corrected chi connectivity index (χ2v) is 6.08. The van der Waals surface area contributed by atoms with Gasteiger partial charge in [-0.2, -0.15) is 0 Å². The maximum Gasteiger partial charge on any atom is 0.119 e. The molecule has 1 saturated heterocycles. The second kappa shape index (κ2) is 6.15. The Morgan fingerprint density at radius 2 is 1.80 bits per heavy atom. The van der Waals surface area contributed by atoms with Crippen molar-refractivity contribution in [2.24, 2.45) is 0 Å². The van der Waals surface area contributed by atoms with Crippen molar-refractivity contribution < 1.29 is 9.84 Å². The fourth-order valence-electron chi connectivity index (χ4n) is 3.64. The molecule has 1 aliphatic carbocycles. The first kappa shape index (κ1) is 13.9. The number of benzene rings is 1. The van der Waals surface area contributed by atoms with E-state index >= 15 is 0 Å². The van der Waals surface area contributed by atoms with Crippen molar-refractivity contribution in [3.05, 3.63) is 29.3 Å². The van der Waals surface area contributed by atoms with Crippen molar-refractivity contribution >= 4 is 0 Å². The topological polar surface area (TPSA) is 32.7 Å². The van der Waals surface area contributed by atoms with Crippen molar-refractivity contribution in [2.75, 3.05) is 20.2 Å². The summed E-state index contributed by atoms with van der Waals surface area (Å²) >= 11 is 0. The Bertz CT molecular complexity index is 452. The molecule has 1 fully saturated rings. The molecule has 1 N–H and O–H groups in total. The number of nitrogens with zero attached hydrogens (tertiary/aromatic N) is 1. The summed E-state index contributed by atoms with van der Waals surface area (Å²) in [5.74, 6) is 0.844. The Kier molecular flexibility index (Phi) is 4.27. The number of aliphatic hydroxyl groups is 1. The van der Waals surface area contributed by atoms with Crippen molar-refractivity contribution in [3.8, 4) is 5.75 Å². The molecule has 2 unspecified atom stereocenters. The van der Waals surface area contributed by atoms with Gasteiger partial charge in [-0.25, -0.2) is 0 Å². The van der Waals surface area contributed by atoms with Gasteiger partial charge in [0.2, 0.25) is 0 Å². The maximum atomic E-state index is 10.7. The number of hydrogen-bond donors (Lipinski definition) is 1. The van der Waals surface area contributed by atoms with E-state index in [0.717, 1.165) is 30.8 Å². The fraction of sp³-hybridized carbons (Fsp3) is 0.647. The minimum atomic E-state index is -0.362. The van der Waals surface area contributed by atoms with Crippen LogP contribution in [0.1, 0.15) is 49.3 Å². The number of rotatable bonds is 2. The molecule has 1 aromatic carbocycles. The van der Waals surface area contributed by atoms with E-state index in [0.29, 0.717) is 0 Å². The first-order valence-electron chi connectivity index (χ1n) is 7.88. The summed E-state index contributed by atoms with van der Waals surface area (Å²) in [5.41, 5.74) is 2.35. The van der Waals surface area contributed by atoms with Gasteiger partial charge in [0.25, 0.3) is 0 Å². The van der Waals surface area contributed by atoms with Crippen LogP contribution < -0.4 is 4.74 Å². The molecule has 3 heteroatoms. The molecule has 0 saturated carbocycles. The molecule has 1 aromatic rings. The van der Waals surface area contributed by atoms with Gasteiger partial charge in [0, 0.05) is 6.04 Å². The van der Waals surface area contributed by atoms with Crippen molar-refractivity contribution in [1.82, 2.24) is 4.90 Å². The van der Waals surface area contributed by atoms with Gasteiger partial charge in [0.15, 0.2) is 0 Å². The smallest absolute Gasteiger partial charge is 0.119 e. The number of methoxy groups -OCH3 is 1. The van der Waals surface area contributed by atoms with Crippen molar-refractivity contribution in [3.63, 3.8) is 0 Å². The van der Waals surface area contributed by atoms with Crippen LogP contribution >= 0.6 is 0 Å². The average Bonchev–Trinajstić information content (AvgIpc) is 2.75. The van der Waals surface area contributed by atoms with Gasteiger partial charge in [0.1, 0.15) is 5.75 Å². The lowest BCUT2D eigenvalue weighted by atomic mass is 10.0. The molecule has 110 valence electrons. The minimum Gasteiger partial charge on any atom is -0.497 e. The van der Waals surface area contributed by atoms with Crippen LogP contribution in [0.15, 0.2) is 18.2 Å². The SMILES string of the molecule is COc1ccc2c(c1)C(O)C(N1CCCCCCC1)C2. The number of fused-ring (bicyclic) bond motifs is 1. The number of hydrogen-bond acceptors (Lipinski definition) is 3. The normalized spacial score (nSPS) is 27.7. The molecule has 0 radical (unpaired) electrons. The zero-order valence-corrected chi connectivity index (χ0v) is 12.3. The predicted octanol–water partition coefficient (Wildman–Crippen LogP) is 2.92. The molecule has 2 aliphatic rings. The van der Waals surface area contributed by atoms with Gasteiger partial charge < -0.3 is 9.84 Å². The van der Waals surface area contributed by atoms with Crippen LogP contribution in [0.25, 0.3) is 0 Å². The number of aliphatic hydroxyl groups excluding tert-OH is 1. The third-order valence-corrected chi connectivity index (χ3v) is 4.82. The van der Waals surface area contributed by atoms with Crippen LogP contribution in [0.2, 0.25) is 0 Å². The summed E-state index contributed by atoms with van der Waals surface area (Å²) in [6.07, 6.45) is 7.19. The third-order valence-electron chi connectivity index (χ3n) is 4.82. The van der Waals surface area contributed by atoms with E-state index < -0.39 is 0 Å². The quantitative estimate of drug-likeness (QED) is 0.901. The molecule has 0 bridgehead atoms. The zero-order valence-electron chi connectivity index (χ0n) is 12.3. The Balaban J connectivity index is 1.76. The minimum absolute atomic E-state index is 0.259. The highest BCUT2D eigenvalue weighted by Crippen LogP contribution is 2.37. The van der Waals surface area contributed by atoms with Crippen LogP contribution in [0.4, 0.5) is 0 Å². The largest absolute Gasteiger partial charge is 0.497 e. The molecule has 0 spiro atoms. The zero-order chi connectivity index (χ0) is 13.9. The highest BCUT2D eigenvalue weighted by molar-refractivity contribution is 5.41. The molecular formula is C17H25NO2. The van der Waals surface area contributed by atoms with Gasteiger partial charge in [0.05, 0.1) is 13.2 Å². The van der Waals surface area contributed by atoms with E-state index in [9.17, 15) is 5.11 Å². The lowest BCUT2D eigenvalue weighted by Crippen LogP contribution is -2.40. The Labute approximate surface area is 121 Å². The van der Waals surface area contributed by atoms with E-state index in [4.69, 9.17) is 4.74 Å². The van der Waals surface area contributed by atoms with Crippen LogP contribution in [-0.4, -0.2) is 36.2 Å². The van der Waals surface area contributed by atoms with E-state index in [1.807, 2.05) is 12.1 Å². The Morgan fingerprint density at radius 1 is 1.10 bits per heavy atom. The summed E-state index contributed by atoms with van der Waals surface area (Å²) in [5, 5.41) is 10.7. The molecule has 3 nitrogen and oxygen atoms in total. The van der Waals surface area contributed by atoms with Gasteiger partial charge in [-0.1, -0.05) is 25.3 Å². The van der Waals surface area contributed by atoms with Crippen molar-refractivity contribution in [1.29, 1.82) is 0 Å². The molecule has 3 rings (SSSR count). The maximum absolute atomic E-state index is 10.7. The Morgan fingerprint density at radius 3 is 2.50 bits per heavy atom. The Hall–Kier alpha value is -1.06. The first-order chi connectivity index (χ1) is 9.79. The van der Waals surface area contributed by atoms with Crippen LogP contribution in [0.3, 0.4) is 0 Å². The van der Waals surface area contributed by atoms with E-state index in [1.165, 1.54) is 37.7 Å². The molecule has 0 amide bonds. The first-order valence-corrected chi connectivity index (χ1v) is 7.88. The summed E-state index contributed by atoms with van der Waals surface area (Å²) in [7, 11) is 1.68. The monoisotopic (exact) mass is 275 g/mol. The number of ether oxygens (including phenoxy) is 1. The number of likely N-dealkylation sites (tertiary alicyclic amines) is 1. The standard InChI is InChI=1S/C17H25NO2/c1-20-14-8-7-13-11-16(17(19)15(13)12-14)18-9-5-3-2-4-6-10-18/h7-8,12,16-17,19H,2-6,9-11H2,1H3. The molecule has 2 atom stereocenters. The van der Waals surface area contributed by atoms with Gasteiger partial charge in [-0.3, -0.25) is 4.90 Å². The summed E-state index contributed by atoms with van der Waals surface area (Å²) < 4.78 is 5.28. The van der Waals surface area contributed by atoms with E-state index in [-0.39, 0.29) is 12.1 Å². The lowest BCUT2D eigenvalue weighted by Gasteiger charge is -2.32. The van der Waals surface area contributed by atoms with Gasteiger partial charge >= 0.3 is 0 Å². The van der Waals surface area contributed by atoms with Crippen LogP contribution in [0, 0.1) is 0 Å². The molecule has 0 aromatic heterocycles.